The van der Waals surface area contributed by atoms with Crippen molar-refractivity contribution in [3.63, 3.8) is 0 Å². The van der Waals surface area contributed by atoms with Gasteiger partial charge in [0.25, 0.3) is 0 Å². The smallest absolute Gasteiger partial charge is 0.329 e. The molecule has 0 heterocycles. The molecule has 7 heteroatoms. The highest BCUT2D eigenvalue weighted by Gasteiger charge is 2.40. The van der Waals surface area contributed by atoms with E-state index >= 15 is 0 Å². The molecule has 0 bridgehead atoms. The minimum absolute atomic E-state index is 0.0657. The van der Waals surface area contributed by atoms with Crippen molar-refractivity contribution in [3.8, 4) is 11.1 Å². The summed E-state index contributed by atoms with van der Waals surface area (Å²) in [6, 6.07) is 19.3. The Hall–Kier alpha value is -4.00. The van der Waals surface area contributed by atoms with Gasteiger partial charge >= 0.3 is 5.97 Å². The number of carbonyl (C=O) groups excluding carboxylic acids is 3. The standard InChI is InChI=1S/C27H25FN2O4/c1-16(31)29-23(15-17-9-3-8-14-22(17)28)26(32)30-25(27(33)34-2)24-20-12-6-4-10-18(20)19-11-5-7-13-21(19)24/h3-14,23-25H,15H2,1-2H3,(H,29,31)(H,30,32)/t23-,25-/m0/s1. The number of fused-ring (bicyclic) bond motifs is 3. The highest BCUT2D eigenvalue weighted by molar-refractivity contribution is 5.92. The Morgan fingerprint density at radius 2 is 1.44 bits per heavy atom. The molecule has 1 aliphatic rings. The molecule has 174 valence electrons. The molecular formula is C27H25FN2O4. The first-order valence-corrected chi connectivity index (χ1v) is 11.0. The zero-order chi connectivity index (χ0) is 24.2. The number of carbonyl (C=O) groups is 3. The SMILES string of the molecule is COC(=O)[C@@H](NC(=O)[C@H](Cc1ccccc1F)NC(C)=O)C1c2ccccc2-c2ccccc21. The normalized spacial score (nSPS) is 13.9. The third-order valence-electron chi connectivity index (χ3n) is 6.04. The summed E-state index contributed by atoms with van der Waals surface area (Å²) in [7, 11) is 1.26. The topological polar surface area (TPSA) is 84.5 Å². The van der Waals surface area contributed by atoms with Crippen LogP contribution in [0.15, 0.2) is 72.8 Å². The summed E-state index contributed by atoms with van der Waals surface area (Å²) in [4.78, 5) is 38.1. The number of hydrogen-bond acceptors (Lipinski definition) is 4. The molecule has 0 unspecified atom stereocenters. The molecule has 0 saturated carbocycles. The monoisotopic (exact) mass is 460 g/mol. The van der Waals surface area contributed by atoms with Crippen LogP contribution >= 0.6 is 0 Å². The number of amides is 2. The van der Waals surface area contributed by atoms with Crippen molar-refractivity contribution < 1.29 is 23.5 Å². The van der Waals surface area contributed by atoms with Crippen LogP contribution in [0, 0.1) is 5.82 Å². The summed E-state index contributed by atoms with van der Waals surface area (Å²) in [5.74, 6) is -2.61. The molecule has 34 heavy (non-hydrogen) atoms. The molecule has 3 aromatic rings. The molecule has 0 aliphatic heterocycles. The Labute approximate surface area is 197 Å². The Kier molecular flexibility index (Phi) is 6.72. The summed E-state index contributed by atoms with van der Waals surface area (Å²) in [5.41, 5.74) is 4.03. The van der Waals surface area contributed by atoms with Gasteiger partial charge in [-0.1, -0.05) is 66.7 Å². The van der Waals surface area contributed by atoms with Crippen molar-refractivity contribution in [2.45, 2.75) is 31.3 Å². The van der Waals surface area contributed by atoms with E-state index < -0.39 is 41.6 Å². The summed E-state index contributed by atoms with van der Waals surface area (Å²) in [5, 5.41) is 5.36. The van der Waals surface area contributed by atoms with Gasteiger partial charge in [-0.25, -0.2) is 9.18 Å². The van der Waals surface area contributed by atoms with Crippen molar-refractivity contribution >= 4 is 17.8 Å². The van der Waals surface area contributed by atoms with Crippen LogP contribution in [-0.4, -0.2) is 37.0 Å². The number of hydrogen-bond donors (Lipinski definition) is 2. The predicted octanol–water partition coefficient (Wildman–Crippen LogP) is 3.34. The van der Waals surface area contributed by atoms with E-state index in [-0.39, 0.29) is 12.0 Å². The predicted molar refractivity (Wildman–Crippen MR) is 125 cm³/mol. The van der Waals surface area contributed by atoms with Gasteiger partial charge in [0.05, 0.1) is 7.11 Å². The fraction of sp³-hybridized carbons (Fsp3) is 0.222. The zero-order valence-corrected chi connectivity index (χ0v) is 18.9. The van der Waals surface area contributed by atoms with Crippen LogP contribution in [0.5, 0.6) is 0 Å². The summed E-state index contributed by atoms with van der Waals surface area (Å²) in [6.45, 7) is 1.28. The van der Waals surface area contributed by atoms with Crippen LogP contribution < -0.4 is 10.6 Å². The maximum Gasteiger partial charge on any atom is 0.329 e. The van der Waals surface area contributed by atoms with Crippen molar-refractivity contribution in [1.29, 1.82) is 0 Å². The largest absolute Gasteiger partial charge is 0.467 e. The first kappa shape index (κ1) is 23.2. The molecule has 0 aromatic heterocycles. The summed E-state index contributed by atoms with van der Waals surface area (Å²) < 4.78 is 19.3. The summed E-state index contributed by atoms with van der Waals surface area (Å²) in [6.07, 6.45) is -0.0657. The number of rotatable bonds is 7. The zero-order valence-electron chi connectivity index (χ0n) is 18.9. The van der Waals surface area contributed by atoms with Gasteiger partial charge in [-0.3, -0.25) is 9.59 Å². The van der Waals surface area contributed by atoms with E-state index in [4.69, 9.17) is 4.74 Å². The lowest BCUT2D eigenvalue weighted by Crippen LogP contribution is -2.54. The van der Waals surface area contributed by atoms with E-state index in [1.807, 2.05) is 48.5 Å². The second-order valence-corrected chi connectivity index (χ2v) is 8.21. The molecule has 6 nitrogen and oxygen atoms in total. The Balaban J connectivity index is 1.68. The van der Waals surface area contributed by atoms with E-state index in [2.05, 4.69) is 10.6 Å². The quantitative estimate of drug-likeness (QED) is 0.530. The second-order valence-electron chi connectivity index (χ2n) is 8.21. The van der Waals surface area contributed by atoms with E-state index in [0.29, 0.717) is 0 Å². The molecule has 1 aliphatic carbocycles. The van der Waals surface area contributed by atoms with Crippen LogP contribution in [0.25, 0.3) is 11.1 Å². The summed E-state index contributed by atoms with van der Waals surface area (Å²) >= 11 is 0. The molecular weight excluding hydrogens is 435 g/mol. The fourth-order valence-corrected chi connectivity index (χ4v) is 4.55. The molecule has 0 fully saturated rings. The average Bonchev–Trinajstić information content (AvgIpc) is 3.17. The Morgan fingerprint density at radius 3 is 2.00 bits per heavy atom. The highest BCUT2D eigenvalue weighted by atomic mass is 19.1. The lowest BCUT2D eigenvalue weighted by atomic mass is 9.89. The molecule has 0 radical (unpaired) electrons. The van der Waals surface area contributed by atoms with E-state index in [0.717, 1.165) is 22.3 Å². The lowest BCUT2D eigenvalue weighted by Gasteiger charge is -2.27. The highest BCUT2D eigenvalue weighted by Crippen LogP contribution is 2.46. The minimum Gasteiger partial charge on any atom is -0.467 e. The van der Waals surface area contributed by atoms with Crippen molar-refractivity contribution in [1.82, 2.24) is 10.6 Å². The van der Waals surface area contributed by atoms with Gasteiger partial charge < -0.3 is 15.4 Å². The molecule has 2 amide bonds. The molecule has 0 spiro atoms. The van der Waals surface area contributed by atoms with Crippen LogP contribution in [0.3, 0.4) is 0 Å². The van der Waals surface area contributed by atoms with Gasteiger partial charge in [0.15, 0.2) is 0 Å². The molecule has 2 N–H and O–H groups in total. The van der Waals surface area contributed by atoms with Crippen molar-refractivity contribution in [3.05, 3.63) is 95.3 Å². The van der Waals surface area contributed by atoms with E-state index in [9.17, 15) is 18.8 Å². The van der Waals surface area contributed by atoms with Crippen molar-refractivity contribution in [2.24, 2.45) is 0 Å². The maximum absolute atomic E-state index is 14.3. The number of ether oxygens (including phenoxy) is 1. The van der Waals surface area contributed by atoms with E-state index in [1.54, 1.807) is 18.2 Å². The number of esters is 1. The third-order valence-corrected chi connectivity index (χ3v) is 6.04. The first-order chi connectivity index (χ1) is 16.4. The van der Waals surface area contributed by atoms with Gasteiger partial charge in [-0.05, 0) is 33.9 Å². The number of methoxy groups -OCH3 is 1. The first-order valence-electron chi connectivity index (χ1n) is 11.0. The number of benzene rings is 3. The second kappa shape index (κ2) is 9.87. The van der Waals surface area contributed by atoms with E-state index in [1.165, 1.54) is 20.1 Å². The molecule has 2 atom stereocenters. The lowest BCUT2D eigenvalue weighted by molar-refractivity contribution is -0.145. The molecule has 0 saturated heterocycles. The van der Waals surface area contributed by atoms with Crippen LogP contribution in [0.2, 0.25) is 0 Å². The Bertz CT molecular complexity index is 1200. The fourth-order valence-electron chi connectivity index (χ4n) is 4.55. The number of halogens is 1. The Morgan fingerprint density at radius 1 is 0.882 bits per heavy atom. The van der Waals surface area contributed by atoms with Gasteiger partial charge in [0.2, 0.25) is 11.8 Å². The minimum atomic E-state index is -1.08. The van der Waals surface area contributed by atoms with Gasteiger partial charge in [0, 0.05) is 19.3 Å². The van der Waals surface area contributed by atoms with Crippen molar-refractivity contribution in [2.75, 3.05) is 7.11 Å². The molecule has 4 rings (SSSR count). The third kappa shape index (κ3) is 4.55. The number of nitrogens with one attached hydrogen (secondary N) is 2. The maximum atomic E-state index is 14.3. The van der Waals surface area contributed by atoms with Gasteiger partial charge in [0.1, 0.15) is 17.9 Å². The van der Waals surface area contributed by atoms with Gasteiger partial charge in [-0.2, -0.15) is 0 Å². The van der Waals surface area contributed by atoms with Crippen LogP contribution in [-0.2, 0) is 25.5 Å². The van der Waals surface area contributed by atoms with Crippen LogP contribution in [0.4, 0.5) is 4.39 Å². The molecule has 3 aromatic carbocycles. The van der Waals surface area contributed by atoms with Gasteiger partial charge in [-0.15, -0.1) is 0 Å². The average molecular weight is 461 g/mol. The van der Waals surface area contributed by atoms with Crippen LogP contribution in [0.1, 0.15) is 29.5 Å².